The number of aliphatic imine (C=N–C) groups is 1. The summed E-state index contributed by atoms with van der Waals surface area (Å²) in [5, 5.41) is 37.0. The first-order valence-electron chi connectivity index (χ1n) is 7.94. The Morgan fingerprint density at radius 1 is 1.15 bits per heavy atom. The van der Waals surface area contributed by atoms with Gasteiger partial charge in [-0.15, -0.1) is 0 Å². The second kappa shape index (κ2) is 12.2. The Bertz CT molecular complexity index is 636. The molecule has 6 unspecified atom stereocenters. The Morgan fingerprint density at radius 3 is 2.41 bits per heavy atom. The van der Waals surface area contributed by atoms with Gasteiger partial charge in [-0.05, 0) is 19.1 Å². The van der Waals surface area contributed by atoms with Crippen molar-refractivity contribution < 1.29 is 59.9 Å². The Hall–Kier alpha value is -1.26. The molecule has 3 rings (SSSR count). The van der Waals surface area contributed by atoms with Gasteiger partial charge >= 0.3 is 25.3 Å². The summed E-state index contributed by atoms with van der Waals surface area (Å²) < 4.78 is 33.4. The SMILES string of the molecule is CC1OCC2OC(N=Cc3ccccc3O)C(O)C(O)C2O1.CO.[O]=[Mo]=[O]. The van der Waals surface area contributed by atoms with Crippen LogP contribution in [0.4, 0.5) is 0 Å². The summed E-state index contributed by atoms with van der Waals surface area (Å²) in [6, 6.07) is 6.68. The van der Waals surface area contributed by atoms with Crippen LogP contribution in [0.25, 0.3) is 0 Å². The van der Waals surface area contributed by atoms with Crippen LogP contribution in [0.1, 0.15) is 12.5 Å². The first-order chi connectivity index (χ1) is 13.0. The quantitative estimate of drug-likeness (QED) is 0.328. The van der Waals surface area contributed by atoms with Crippen molar-refractivity contribution in [1.82, 2.24) is 0 Å². The summed E-state index contributed by atoms with van der Waals surface area (Å²) in [6.45, 7) is 1.98. The number of ether oxygens (including phenoxy) is 3. The van der Waals surface area contributed by atoms with E-state index in [2.05, 4.69) is 4.99 Å². The van der Waals surface area contributed by atoms with E-state index in [1.54, 1.807) is 25.1 Å². The van der Waals surface area contributed by atoms with E-state index in [-0.39, 0.29) is 12.4 Å². The number of benzene rings is 1. The van der Waals surface area contributed by atoms with Gasteiger partial charge in [0.05, 0.1) is 6.61 Å². The van der Waals surface area contributed by atoms with Gasteiger partial charge in [-0.1, -0.05) is 12.1 Å². The van der Waals surface area contributed by atoms with Gasteiger partial charge in [0.15, 0.2) is 12.5 Å². The predicted octanol–water partition coefficient (Wildman–Crippen LogP) is -0.612. The van der Waals surface area contributed by atoms with Crippen LogP contribution in [0.15, 0.2) is 29.3 Å². The van der Waals surface area contributed by atoms with E-state index in [1.165, 1.54) is 12.3 Å². The minimum absolute atomic E-state index is 0.0770. The van der Waals surface area contributed by atoms with E-state index in [0.717, 1.165) is 7.11 Å². The minimum atomic E-state index is -2.03. The molecule has 2 saturated heterocycles. The van der Waals surface area contributed by atoms with E-state index in [1.807, 2.05) is 0 Å². The molecule has 0 amide bonds. The van der Waals surface area contributed by atoms with E-state index in [4.69, 9.17) is 26.1 Å². The molecule has 0 bridgehead atoms. The average molecular weight is 469 g/mol. The molecule has 0 spiro atoms. The fraction of sp³-hybridized carbons (Fsp3) is 0.562. The Kier molecular flexibility index (Phi) is 10.8. The van der Waals surface area contributed by atoms with Crippen LogP contribution in [-0.4, -0.2) is 77.3 Å². The van der Waals surface area contributed by atoms with Gasteiger partial charge in [0.25, 0.3) is 0 Å². The van der Waals surface area contributed by atoms with Crippen molar-refractivity contribution in [2.24, 2.45) is 4.99 Å². The molecule has 0 radical (unpaired) electrons. The van der Waals surface area contributed by atoms with E-state index in [9.17, 15) is 15.3 Å². The average Bonchev–Trinajstić information content (AvgIpc) is 2.67. The number of aliphatic hydroxyl groups excluding tert-OH is 3. The molecule has 0 saturated carbocycles. The van der Waals surface area contributed by atoms with Gasteiger partial charge in [-0.25, -0.2) is 0 Å². The summed E-state index contributed by atoms with van der Waals surface area (Å²) >= 11 is -2.03. The zero-order chi connectivity index (χ0) is 20.4. The van der Waals surface area contributed by atoms with Crippen LogP contribution in [0.3, 0.4) is 0 Å². The monoisotopic (exact) mass is 471 g/mol. The van der Waals surface area contributed by atoms with Crippen molar-refractivity contribution in [1.29, 1.82) is 0 Å². The number of hydrogen-bond donors (Lipinski definition) is 4. The summed E-state index contributed by atoms with van der Waals surface area (Å²) in [4.78, 5) is 4.13. The molecule has 2 heterocycles. The number of phenolic OH excluding ortho intramolecular Hbond substituents is 1. The van der Waals surface area contributed by atoms with Crippen molar-refractivity contribution in [3.8, 4) is 5.75 Å². The van der Waals surface area contributed by atoms with E-state index in [0.29, 0.717) is 5.56 Å². The second-order valence-electron chi connectivity index (χ2n) is 5.45. The van der Waals surface area contributed by atoms with Crippen LogP contribution < -0.4 is 0 Å². The second-order valence-corrected chi connectivity index (χ2v) is 5.79. The van der Waals surface area contributed by atoms with Gasteiger partial charge in [0, 0.05) is 18.9 Å². The molecule has 2 aliphatic rings. The van der Waals surface area contributed by atoms with E-state index >= 15 is 0 Å². The first-order valence-corrected chi connectivity index (χ1v) is 9.58. The van der Waals surface area contributed by atoms with Crippen LogP contribution >= 0.6 is 0 Å². The van der Waals surface area contributed by atoms with Crippen LogP contribution in [0.5, 0.6) is 5.75 Å². The third kappa shape index (κ3) is 6.69. The molecule has 2 aliphatic heterocycles. The Labute approximate surface area is 164 Å². The molecule has 6 atom stereocenters. The van der Waals surface area contributed by atoms with Crippen molar-refractivity contribution in [3.05, 3.63) is 29.8 Å². The zero-order valence-electron chi connectivity index (χ0n) is 14.7. The van der Waals surface area contributed by atoms with Gasteiger partial charge in [-0.2, -0.15) is 0 Å². The first kappa shape index (κ1) is 23.8. The van der Waals surface area contributed by atoms with Crippen molar-refractivity contribution in [2.45, 2.75) is 43.9 Å². The molecule has 0 aromatic heterocycles. The molecular formula is C16H23MoNO9. The number of fused-ring (bicyclic) bond motifs is 1. The number of hydrogen-bond acceptors (Lipinski definition) is 10. The Balaban J connectivity index is 0.000000665. The topological polar surface area (TPSA) is 155 Å². The molecule has 1 aromatic carbocycles. The third-order valence-corrected chi connectivity index (χ3v) is 3.80. The summed E-state index contributed by atoms with van der Waals surface area (Å²) in [5.74, 6) is 0.0770. The predicted molar refractivity (Wildman–Crippen MR) is 86.2 cm³/mol. The van der Waals surface area contributed by atoms with E-state index < -0.39 is 55.4 Å². The number of phenols is 1. The van der Waals surface area contributed by atoms with Gasteiger partial charge in [0.1, 0.15) is 30.2 Å². The summed E-state index contributed by atoms with van der Waals surface area (Å²) in [5.41, 5.74) is 0.500. The fourth-order valence-electron chi connectivity index (χ4n) is 2.59. The molecule has 0 aliphatic carbocycles. The fourth-order valence-corrected chi connectivity index (χ4v) is 2.59. The summed E-state index contributed by atoms with van der Waals surface area (Å²) in [7, 11) is 1.00. The molecule has 27 heavy (non-hydrogen) atoms. The maximum absolute atomic E-state index is 10.2. The van der Waals surface area contributed by atoms with Gasteiger partial charge in [0.2, 0.25) is 0 Å². The molecule has 152 valence electrons. The number of aliphatic hydroxyl groups is 3. The zero-order valence-corrected chi connectivity index (χ0v) is 16.8. The van der Waals surface area contributed by atoms with Crippen LogP contribution in [0, 0.1) is 0 Å². The van der Waals surface area contributed by atoms with Crippen LogP contribution in [0.2, 0.25) is 0 Å². The van der Waals surface area contributed by atoms with Crippen molar-refractivity contribution in [2.75, 3.05) is 13.7 Å². The number of rotatable bonds is 2. The molecular weight excluding hydrogens is 446 g/mol. The van der Waals surface area contributed by atoms with Gasteiger partial charge in [-0.3, -0.25) is 4.99 Å². The number of para-hydroxylation sites is 1. The molecule has 4 N–H and O–H groups in total. The number of aromatic hydroxyl groups is 1. The third-order valence-electron chi connectivity index (χ3n) is 3.80. The number of nitrogens with zero attached hydrogens (tertiary/aromatic N) is 1. The molecule has 2 fully saturated rings. The molecule has 10 nitrogen and oxygen atoms in total. The van der Waals surface area contributed by atoms with Crippen molar-refractivity contribution >= 4 is 6.21 Å². The van der Waals surface area contributed by atoms with Crippen LogP contribution in [-0.2, 0) is 39.5 Å². The maximum atomic E-state index is 10.2. The Morgan fingerprint density at radius 2 is 1.78 bits per heavy atom. The molecule has 1 aromatic rings. The normalized spacial score (nSPS) is 32.3. The van der Waals surface area contributed by atoms with Crippen molar-refractivity contribution in [3.63, 3.8) is 0 Å². The summed E-state index contributed by atoms with van der Waals surface area (Å²) in [6.07, 6.45) is -3.46. The van der Waals surface area contributed by atoms with Gasteiger partial charge < -0.3 is 34.6 Å². The molecule has 11 heteroatoms. The standard InChI is InChI=1S/C15H19NO6.CH4O.Mo.2O/c1-8-20-7-11-14(21-8)12(18)13(19)15(22-11)16-6-9-4-2-3-5-10(9)17;1-2;;;/h2-6,8,11-15,17-19H,7H2,1H3;2H,1H3;;;.